The van der Waals surface area contributed by atoms with Crippen LogP contribution in [0.3, 0.4) is 0 Å². The van der Waals surface area contributed by atoms with E-state index in [1.807, 2.05) is 0 Å². The Morgan fingerprint density at radius 1 is 1.33 bits per heavy atom. The van der Waals surface area contributed by atoms with Crippen LogP contribution in [0, 0.1) is 5.92 Å². The van der Waals surface area contributed by atoms with E-state index in [0.717, 1.165) is 18.1 Å². The van der Waals surface area contributed by atoms with Gasteiger partial charge in [-0.25, -0.2) is 4.79 Å². The summed E-state index contributed by atoms with van der Waals surface area (Å²) in [6, 6.07) is 6.53. The van der Waals surface area contributed by atoms with Crippen molar-refractivity contribution < 1.29 is 14.6 Å². The second kappa shape index (κ2) is 8.81. The number of carboxylic acid groups (broad SMARTS) is 1. The third kappa shape index (κ3) is 5.92. The molecular formula is C14H21ClO3. The Kier molecular flexibility index (Phi) is 8.21. The molecule has 3 nitrogen and oxygen atoms in total. The van der Waals surface area contributed by atoms with Gasteiger partial charge in [0.2, 0.25) is 0 Å². The predicted molar refractivity (Wildman–Crippen MR) is 74.8 cm³/mol. The van der Waals surface area contributed by atoms with Crippen molar-refractivity contribution in [3.8, 4) is 5.75 Å². The van der Waals surface area contributed by atoms with Gasteiger partial charge in [0, 0.05) is 0 Å². The Balaban J connectivity index is 0.00000289. The summed E-state index contributed by atoms with van der Waals surface area (Å²) in [7, 11) is 0. The minimum absolute atomic E-state index is 0. The number of ether oxygens (including phenoxy) is 1. The molecule has 1 aromatic carbocycles. The monoisotopic (exact) mass is 272 g/mol. The van der Waals surface area contributed by atoms with E-state index in [0.29, 0.717) is 6.61 Å². The fraction of sp³-hybridized carbons (Fsp3) is 0.500. The van der Waals surface area contributed by atoms with Gasteiger partial charge < -0.3 is 9.84 Å². The lowest BCUT2D eigenvalue weighted by Gasteiger charge is -2.09. The van der Waals surface area contributed by atoms with Gasteiger partial charge >= 0.3 is 5.97 Å². The first-order chi connectivity index (χ1) is 8.13. The van der Waals surface area contributed by atoms with Crippen LogP contribution in [0.15, 0.2) is 24.3 Å². The molecule has 0 aliphatic carbocycles. The normalized spacial score (nSPS) is 11.4. The molecule has 1 atom stereocenters. The molecule has 18 heavy (non-hydrogen) atoms. The Hall–Kier alpha value is -1.22. The Labute approximate surface area is 115 Å². The van der Waals surface area contributed by atoms with Crippen LogP contribution in [0.4, 0.5) is 0 Å². The number of hydrogen-bond donors (Lipinski definition) is 1. The summed E-state index contributed by atoms with van der Waals surface area (Å²) in [6.07, 6.45) is 3.41. The molecule has 0 unspecified atom stereocenters. The number of rotatable bonds is 7. The van der Waals surface area contributed by atoms with Gasteiger partial charge in [-0.05, 0) is 43.0 Å². The Bertz CT molecular complexity index is 349. The van der Waals surface area contributed by atoms with Gasteiger partial charge in [0.25, 0.3) is 0 Å². The molecule has 0 saturated carbocycles. The number of carbonyl (C=O) groups is 1. The molecule has 0 heterocycles. The molecule has 0 aliphatic heterocycles. The zero-order chi connectivity index (χ0) is 12.7. The number of carboxylic acids is 1. The van der Waals surface area contributed by atoms with Crippen molar-refractivity contribution >= 4 is 18.4 Å². The van der Waals surface area contributed by atoms with Crippen LogP contribution in [0.1, 0.15) is 43.5 Å². The first-order valence-corrected chi connectivity index (χ1v) is 6.09. The summed E-state index contributed by atoms with van der Waals surface area (Å²) >= 11 is 0. The standard InChI is InChI=1S/C14H20O3.ClH/c1-3-11(2)5-4-10-17-13-8-6-12(7-9-13)14(15)16;/h6-9,11H,3-5,10H2,1-2H3,(H,15,16);1H/t11-;/m0./s1. The molecule has 1 N–H and O–H groups in total. The lowest BCUT2D eigenvalue weighted by Crippen LogP contribution is -2.01. The third-order valence-electron chi connectivity index (χ3n) is 2.91. The first kappa shape index (κ1) is 16.8. The van der Waals surface area contributed by atoms with E-state index in [1.165, 1.54) is 12.8 Å². The average Bonchev–Trinajstić information content (AvgIpc) is 2.34. The van der Waals surface area contributed by atoms with Crippen LogP contribution in [0.2, 0.25) is 0 Å². The summed E-state index contributed by atoms with van der Waals surface area (Å²) < 4.78 is 5.54. The van der Waals surface area contributed by atoms with Crippen LogP contribution in [-0.4, -0.2) is 17.7 Å². The van der Waals surface area contributed by atoms with E-state index in [4.69, 9.17) is 9.84 Å². The number of halogens is 1. The van der Waals surface area contributed by atoms with Crippen LogP contribution < -0.4 is 4.74 Å². The van der Waals surface area contributed by atoms with E-state index in [1.54, 1.807) is 24.3 Å². The van der Waals surface area contributed by atoms with Gasteiger partial charge in [-0.3, -0.25) is 0 Å². The fourth-order valence-corrected chi connectivity index (χ4v) is 1.52. The highest BCUT2D eigenvalue weighted by atomic mass is 35.5. The molecule has 0 aliphatic rings. The molecule has 0 bridgehead atoms. The summed E-state index contributed by atoms with van der Waals surface area (Å²) in [5.41, 5.74) is 0.289. The minimum Gasteiger partial charge on any atom is -0.494 e. The molecule has 1 rings (SSSR count). The molecular weight excluding hydrogens is 252 g/mol. The van der Waals surface area contributed by atoms with Gasteiger partial charge in [-0.1, -0.05) is 20.3 Å². The molecule has 0 aromatic heterocycles. The van der Waals surface area contributed by atoms with Gasteiger partial charge in [0.15, 0.2) is 0 Å². The van der Waals surface area contributed by atoms with Crippen molar-refractivity contribution in [2.24, 2.45) is 5.92 Å². The zero-order valence-electron chi connectivity index (χ0n) is 10.9. The zero-order valence-corrected chi connectivity index (χ0v) is 11.7. The van der Waals surface area contributed by atoms with Gasteiger partial charge in [0.05, 0.1) is 12.2 Å². The van der Waals surface area contributed by atoms with Crippen molar-refractivity contribution in [2.45, 2.75) is 33.1 Å². The molecule has 1 aromatic rings. The van der Waals surface area contributed by atoms with Gasteiger partial charge in [-0.15, -0.1) is 12.4 Å². The molecule has 0 radical (unpaired) electrons. The molecule has 4 heteroatoms. The molecule has 102 valence electrons. The van der Waals surface area contributed by atoms with Crippen LogP contribution >= 0.6 is 12.4 Å². The van der Waals surface area contributed by atoms with Crippen molar-refractivity contribution in [3.05, 3.63) is 29.8 Å². The lowest BCUT2D eigenvalue weighted by molar-refractivity contribution is 0.0697. The van der Waals surface area contributed by atoms with Gasteiger partial charge in [0.1, 0.15) is 5.75 Å². The topological polar surface area (TPSA) is 46.5 Å². The largest absolute Gasteiger partial charge is 0.494 e. The molecule has 0 spiro atoms. The highest BCUT2D eigenvalue weighted by molar-refractivity contribution is 5.87. The molecule has 0 amide bonds. The smallest absolute Gasteiger partial charge is 0.335 e. The van der Waals surface area contributed by atoms with E-state index < -0.39 is 5.97 Å². The maximum absolute atomic E-state index is 10.6. The quantitative estimate of drug-likeness (QED) is 0.763. The first-order valence-electron chi connectivity index (χ1n) is 6.09. The third-order valence-corrected chi connectivity index (χ3v) is 2.91. The van der Waals surface area contributed by atoms with Crippen LogP contribution in [0.5, 0.6) is 5.75 Å². The fourth-order valence-electron chi connectivity index (χ4n) is 1.52. The van der Waals surface area contributed by atoms with Crippen LogP contribution in [-0.2, 0) is 0 Å². The summed E-state index contributed by atoms with van der Waals surface area (Å²) in [5.74, 6) is 0.570. The highest BCUT2D eigenvalue weighted by Crippen LogP contribution is 2.14. The highest BCUT2D eigenvalue weighted by Gasteiger charge is 2.02. The summed E-state index contributed by atoms with van der Waals surface area (Å²) in [5, 5.41) is 8.74. The van der Waals surface area contributed by atoms with Crippen molar-refractivity contribution in [1.29, 1.82) is 0 Å². The van der Waals surface area contributed by atoms with Gasteiger partial charge in [-0.2, -0.15) is 0 Å². The number of aromatic carboxylic acids is 1. The maximum atomic E-state index is 10.6. The average molecular weight is 273 g/mol. The van der Waals surface area contributed by atoms with E-state index >= 15 is 0 Å². The number of hydrogen-bond acceptors (Lipinski definition) is 2. The van der Waals surface area contributed by atoms with E-state index in [9.17, 15) is 4.79 Å². The van der Waals surface area contributed by atoms with Crippen LogP contribution in [0.25, 0.3) is 0 Å². The Morgan fingerprint density at radius 2 is 1.94 bits per heavy atom. The lowest BCUT2D eigenvalue weighted by atomic mass is 10.0. The predicted octanol–water partition coefficient (Wildman–Crippen LogP) is 4.01. The Morgan fingerprint density at radius 3 is 2.44 bits per heavy atom. The maximum Gasteiger partial charge on any atom is 0.335 e. The van der Waals surface area contributed by atoms with Crippen molar-refractivity contribution in [2.75, 3.05) is 6.61 Å². The number of benzene rings is 1. The van der Waals surface area contributed by atoms with Crippen molar-refractivity contribution in [1.82, 2.24) is 0 Å². The SMILES string of the molecule is CC[C@H](C)CCCOc1ccc(C(=O)O)cc1.Cl. The second-order valence-corrected chi connectivity index (χ2v) is 4.33. The molecule has 0 saturated heterocycles. The van der Waals surface area contributed by atoms with E-state index in [2.05, 4.69) is 13.8 Å². The van der Waals surface area contributed by atoms with Crippen molar-refractivity contribution in [3.63, 3.8) is 0 Å². The second-order valence-electron chi connectivity index (χ2n) is 4.33. The summed E-state index contributed by atoms with van der Waals surface area (Å²) in [6.45, 7) is 5.12. The van der Waals surface area contributed by atoms with E-state index in [-0.39, 0.29) is 18.0 Å². The minimum atomic E-state index is -0.909. The molecule has 0 fully saturated rings. The summed E-state index contributed by atoms with van der Waals surface area (Å²) in [4.78, 5) is 10.6.